The summed E-state index contributed by atoms with van der Waals surface area (Å²) in [7, 11) is 0. The SMILES string of the molecule is C/C=C/C(=O)NCCc1nc2ccccc2n1CC. The van der Waals surface area contributed by atoms with Crippen molar-refractivity contribution in [2.45, 2.75) is 26.8 Å². The molecule has 0 saturated heterocycles. The quantitative estimate of drug-likeness (QED) is 0.835. The standard InChI is InChI=1S/C15H19N3O/c1-3-7-15(19)16-11-10-14-17-12-8-5-6-9-13(12)18(14)4-2/h3,5-9H,4,10-11H2,1-2H3,(H,16,19)/b7-3+. The van der Waals surface area contributed by atoms with Crippen LogP contribution in [-0.4, -0.2) is 22.0 Å². The number of imidazole rings is 1. The Kier molecular flexibility index (Phi) is 4.34. The summed E-state index contributed by atoms with van der Waals surface area (Å²) in [5, 5.41) is 2.85. The molecule has 19 heavy (non-hydrogen) atoms. The third kappa shape index (κ3) is 3.02. The van der Waals surface area contributed by atoms with E-state index in [0.29, 0.717) is 6.54 Å². The molecule has 2 rings (SSSR count). The molecule has 1 heterocycles. The maximum Gasteiger partial charge on any atom is 0.243 e. The van der Waals surface area contributed by atoms with E-state index in [0.717, 1.165) is 29.8 Å². The number of hydrogen-bond donors (Lipinski definition) is 1. The molecular weight excluding hydrogens is 238 g/mol. The molecule has 1 aromatic carbocycles. The fourth-order valence-corrected chi connectivity index (χ4v) is 2.18. The molecule has 0 fully saturated rings. The van der Waals surface area contributed by atoms with E-state index in [9.17, 15) is 4.79 Å². The molecule has 0 unspecified atom stereocenters. The number of amides is 1. The predicted molar refractivity (Wildman–Crippen MR) is 76.9 cm³/mol. The van der Waals surface area contributed by atoms with E-state index < -0.39 is 0 Å². The van der Waals surface area contributed by atoms with E-state index in [1.807, 2.05) is 25.1 Å². The van der Waals surface area contributed by atoms with Crippen LogP contribution < -0.4 is 5.32 Å². The average Bonchev–Trinajstić information content (AvgIpc) is 2.76. The van der Waals surface area contributed by atoms with Gasteiger partial charge in [0.15, 0.2) is 0 Å². The zero-order valence-electron chi connectivity index (χ0n) is 11.4. The Hall–Kier alpha value is -2.10. The first-order chi connectivity index (χ1) is 9.26. The maximum absolute atomic E-state index is 11.3. The second kappa shape index (κ2) is 6.18. The van der Waals surface area contributed by atoms with Crippen molar-refractivity contribution in [1.82, 2.24) is 14.9 Å². The molecule has 0 aliphatic carbocycles. The highest BCUT2D eigenvalue weighted by molar-refractivity contribution is 5.87. The lowest BCUT2D eigenvalue weighted by Crippen LogP contribution is -2.24. The summed E-state index contributed by atoms with van der Waals surface area (Å²) in [6.07, 6.45) is 4.01. The zero-order chi connectivity index (χ0) is 13.7. The molecule has 4 heteroatoms. The molecule has 1 N–H and O–H groups in total. The van der Waals surface area contributed by atoms with Crippen molar-refractivity contribution in [1.29, 1.82) is 0 Å². The molecule has 0 aliphatic rings. The van der Waals surface area contributed by atoms with Gasteiger partial charge >= 0.3 is 0 Å². The van der Waals surface area contributed by atoms with Crippen LogP contribution in [0.25, 0.3) is 11.0 Å². The summed E-state index contributed by atoms with van der Waals surface area (Å²) in [4.78, 5) is 16.0. The summed E-state index contributed by atoms with van der Waals surface area (Å²) < 4.78 is 2.19. The van der Waals surface area contributed by atoms with Gasteiger partial charge in [-0.15, -0.1) is 0 Å². The lowest BCUT2D eigenvalue weighted by atomic mass is 10.3. The molecule has 2 aromatic rings. The van der Waals surface area contributed by atoms with E-state index in [-0.39, 0.29) is 5.91 Å². The van der Waals surface area contributed by atoms with E-state index >= 15 is 0 Å². The van der Waals surface area contributed by atoms with Gasteiger partial charge in [0.1, 0.15) is 5.82 Å². The maximum atomic E-state index is 11.3. The Morgan fingerprint density at radius 3 is 2.95 bits per heavy atom. The highest BCUT2D eigenvalue weighted by Gasteiger charge is 2.08. The largest absolute Gasteiger partial charge is 0.352 e. The number of aryl methyl sites for hydroxylation is 1. The van der Waals surface area contributed by atoms with Gasteiger partial charge in [0.25, 0.3) is 0 Å². The van der Waals surface area contributed by atoms with Gasteiger partial charge in [-0.1, -0.05) is 18.2 Å². The minimum absolute atomic E-state index is 0.0540. The molecule has 4 nitrogen and oxygen atoms in total. The number of para-hydroxylation sites is 2. The summed E-state index contributed by atoms with van der Waals surface area (Å²) in [5.74, 6) is 0.964. The number of nitrogens with zero attached hydrogens (tertiary/aromatic N) is 2. The van der Waals surface area contributed by atoms with Crippen LogP contribution in [0.2, 0.25) is 0 Å². The molecule has 1 aromatic heterocycles. The van der Waals surface area contributed by atoms with Crippen molar-refractivity contribution in [2.24, 2.45) is 0 Å². The molecule has 0 bridgehead atoms. The second-order valence-electron chi connectivity index (χ2n) is 4.30. The molecule has 0 saturated carbocycles. The van der Waals surface area contributed by atoms with Crippen LogP contribution in [0.4, 0.5) is 0 Å². The third-order valence-electron chi connectivity index (χ3n) is 3.02. The normalized spacial score (nSPS) is 11.3. The molecule has 0 spiro atoms. The number of nitrogens with one attached hydrogen (secondary N) is 1. The van der Waals surface area contributed by atoms with Gasteiger partial charge in [0.05, 0.1) is 11.0 Å². The van der Waals surface area contributed by atoms with Crippen LogP contribution in [0.3, 0.4) is 0 Å². The van der Waals surface area contributed by atoms with Gasteiger partial charge in [-0.3, -0.25) is 4.79 Å². The Labute approximate surface area is 113 Å². The number of aromatic nitrogens is 2. The van der Waals surface area contributed by atoms with Crippen molar-refractivity contribution >= 4 is 16.9 Å². The molecular formula is C15H19N3O. The topological polar surface area (TPSA) is 46.9 Å². The smallest absolute Gasteiger partial charge is 0.243 e. The highest BCUT2D eigenvalue weighted by Crippen LogP contribution is 2.15. The minimum atomic E-state index is -0.0540. The van der Waals surface area contributed by atoms with Gasteiger partial charge < -0.3 is 9.88 Å². The second-order valence-corrected chi connectivity index (χ2v) is 4.30. The number of carbonyl (C=O) groups is 1. The summed E-state index contributed by atoms with van der Waals surface area (Å²) in [6, 6.07) is 8.11. The van der Waals surface area contributed by atoms with Gasteiger partial charge in [0.2, 0.25) is 5.91 Å². The van der Waals surface area contributed by atoms with Gasteiger partial charge in [-0.25, -0.2) is 4.98 Å². The summed E-state index contributed by atoms with van der Waals surface area (Å²) >= 11 is 0. The van der Waals surface area contributed by atoms with Crippen molar-refractivity contribution in [3.05, 3.63) is 42.2 Å². The first-order valence-corrected chi connectivity index (χ1v) is 6.61. The Morgan fingerprint density at radius 2 is 2.21 bits per heavy atom. The predicted octanol–water partition coefficient (Wildman–Crippen LogP) is 2.29. The first kappa shape index (κ1) is 13.3. The lowest BCUT2D eigenvalue weighted by molar-refractivity contribution is -0.116. The molecule has 1 amide bonds. The van der Waals surface area contributed by atoms with Gasteiger partial charge in [-0.2, -0.15) is 0 Å². The van der Waals surface area contributed by atoms with E-state index in [1.165, 1.54) is 6.08 Å². The van der Waals surface area contributed by atoms with Crippen molar-refractivity contribution in [3.63, 3.8) is 0 Å². The minimum Gasteiger partial charge on any atom is -0.352 e. The highest BCUT2D eigenvalue weighted by atomic mass is 16.1. The van der Waals surface area contributed by atoms with Crippen LogP contribution in [0.5, 0.6) is 0 Å². The van der Waals surface area contributed by atoms with Crippen molar-refractivity contribution < 1.29 is 4.79 Å². The zero-order valence-corrected chi connectivity index (χ0v) is 11.4. The summed E-state index contributed by atoms with van der Waals surface area (Å²) in [6.45, 7) is 5.43. The fourth-order valence-electron chi connectivity index (χ4n) is 2.18. The van der Waals surface area contributed by atoms with Crippen LogP contribution in [0, 0.1) is 0 Å². The molecule has 0 aliphatic heterocycles. The van der Waals surface area contributed by atoms with Gasteiger partial charge in [-0.05, 0) is 32.1 Å². The summed E-state index contributed by atoms with van der Waals surface area (Å²) in [5.41, 5.74) is 2.17. The number of allylic oxidation sites excluding steroid dienone is 1. The third-order valence-corrected chi connectivity index (χ3v) is 3.02. The Morgan fingerprint density at radius 1 is 1.42 bits per heavy atom. The molecule has 0 radical (unpaired) electrons. The van der Waals surface area contributed by atoms with Gasteiger partial charge in [0, 0.05) is 19.5 Å². The van der Waals surface area contributed by atoms with Crippen LogP contribution in [0.1, 0.15) is 19.7 Å². The monoisotopic (exact) mass is 257 g/mol. The Balaban J connectivity index is 2.10. The average molecular weight is 257 g/mol. The number of fused-ring (bicyclic) bond motifs is 1. The van der Waals surface area contributed by atoms with E-state index in [2.05, 4.69) is 27.9 Å². The van der Waals surface area contributed by atoms with E-state index in [4.69, 9.17) is 0 Å². The van der Waals surface area contributed by atoms with Crippen LogP contribution >= 0.6 is 0 Å². The van der Waals surface area contributed by atoms with Crippen LogP contribution in [-0.2, 0) is 17.8 Å². The van der Waals surface area contributed by atoms with Crippen LogP contribution in [0.15, 0.2) is 36.4 Å². The van der Waals surface area contributed by atoms with Crippen molar-refractivity contribution in [3.8, 4) is 0 Å². The number of hydrogen-bond acceptors (Lipinski definition) is 2. The Bertz CT molecular complexity index is 598. The lowest BCUT2D eigenvalue weighted by Gasteiger charge is -2.06. The van der Waals surface area contributed by atoms with E-state index in [1.54, 1.807) is 6.08 Å². The first-order valence-electron chi connectivity index (χ1n) is 6.61. The number of carbonyl (C=O) groups excluding carboxylic acids is 1. The van der Waals surface area contributed by atoms with Crippen molar-refractivity contribution in [2.75, 3.05) is 6.54 Å². The number of rotatable bonds is 5. The fraction of sp³-hybridized carbons (Fsp3) is 0.333. The molecule has 0 atom stereocenters. The molecule has 100 valence electrons. The number of benzene rings is 1.